The SMILES string of the molecule is COc1ccc(NC(=O)C(C)OC(=O)Cc2ccccc2[N+](=O)[O-])cc1. The minimum Gasteiger partial charge on any atom is -0.497 e. The van der Waals surface area contributed by atoms with E-state index in [1.54, 1.807) is 30.3 Å². The Morgan fingerprint density at radius 3 is 2.42 bits per heavy atom. The van der Waals surface area contributed by atoms with Crippen molar-refractivity contribution in [2.24, 2.45) is 0 Å². The van der Waals surface area contributed by atoms with Crippen molar-refractivity contribution < 1.29 is 24.0 Å². The summed E-state index contributed by atoms with van der Waals surface area (Å²) >= 11 is 0. The Morgan fingerprint density at radius 2 is 1.81 bits per heavy atom. The van der Waals surface area contributed by atoms with Crippen LogP contribution >= 0.6 is 0 Å². The van der Waals surface area contributed by atoms with Crippen LogP contribution < -0.4 is 10.1 Å². The first-order valence-corrected chi connectivity index (χ1v) is 7.77. The zero-order valence-electron chi connectivity index (χ0n) is 14.3. The molecule has 1 amide bonds. The van der Waals surface area contributed by atoms with E-state index in [-0.39, 0.29) is 17.7 Å². The number of esters is 1. The number of nitrogens with one attached hydrogen (secondary N) is 1. The Kier molecular flexibility index (Phi) is 6.26. The zero-order chi connectivity index (χ0) is 19.1. The number of hydrogen-bond donors (Lipinski definition) is 1. The van der Waals surface area contributed by atoms with Gasteiger partial charge in [0, 0.05) is 17.3 Å². The topological polar surface area (TPSA) is 108 Å². The first kappa shape index (κ1) is 18.9. The van der Waals surface area contributed by atoms with Crippen LogP contribution in [0.1, 0.15) is 12.5 Å². The van der Waals surface area contributed by atoms with Gasteiger partial charge in [-0.1, -0.05) is 18.2 Å². The van der Waals surface area contributed by atoms with E-state index in [9.17, 15) is 19.7 Å². The molecular formula is C18H18N2O6. The number of hydrogen-bond acceptors (Lipinski definition) is 6. The summed E-state index contributed by atoms with van der Waals surface area (Å²) in [7, 11) is 1.53. The van der Waals surface area contributed by atoms with Gasteiger partial charge in [0.15, 0.2) is 6.10 Å². The number of methoxy groups -OCH3 is 1. The van der Waals surface area contributed by atoms with Crippen LogP contribution in [0.3, 0.4) is 0 Å². The summed E-state index contributed by atoms with van der Waals surface area (Å²) in [5, 5.41) is 13.6. The number of carbonyl (C=O) groups excluding carboxylic acids is 2. The molecular weight excluding hydrogens is 340 g/mol. The average molecular weight is 358 g/mol. The number of anilines is 1. The maximum absolute atomic E-state index is 12.1. The molecule has 0 bridgehead atoms. The van der Waals surface area contributed by atoms with E-state index in [0.717, 1.165) is 0 Å². The number of amides is 1. The Hall–Kier alpha value is -3.42. The predicted octanol–water partition coefficient (Wildman–Crippen LogP) is 2.72. The molecule has 0 radical (unpaired) electrons. The van der Waals surface area contributed by atoms with E-state index in [2.05, 4.69) is 5.32 Å². The summed E-state index contributed by atoms with van der Waals surface area (Å²) in [6.07, 6.45) is -1.34. The average Bonchev–Trinajstić information content (AvgIpc) is 2.62. The molecule has 2 aromatic carbocycles. The van der Waals surface area contributed by atoms with Crippen LogP contribution in [0, 0.1) is 10.1 Å². The Balaban J connectivity index is 1.93. The molecule has 0 saturated heterocycles. The third kappa shape index (κ3) is 5.04. The number of nitrogens with zero attached hydrogens (tertiary/aromatic N) is 1. The van der Waals surface area contributed by atoms with Crippen LogP contribution in [0.5, 0.6) is 5.75 Å². The quantitative estimate of drug-likeness (QED) is 0.463. The molecule has 8 heteroatoms. The van der Waals surface area contributed by atoms with E-state index in [1.165, 1.54) is 32.2 Å². The highest BCUT2D eigenvalue weighted by Gasteiger charge is 2.21. The molecule has 0 fully saturated rings. The van der Waals surface area contributed by atoms with Crippen LogP contribution in [-0.4, -0.2) is 30.0 Å². The molecule has 2 rings (SSSR count). The zero-order valence-corrected chi connectivity index (χ0v) is 14.3. The van der Waals surface area contributed by atoms with Gasteiger partial charge < -0.3 is 14.8 Å². The maximum atomic E-state index is 12.1. The number of nitro groups is 1. The third-order valence-electron chi connectivity index (χ3n) is 3.56. The van der Waals surface area contributed by atoms with Crippen molar-refractivity contribution in [2.75, 3.05) is 12.4 Å². The first-order chi connectivity index (χ1) is 12.4. The summed E-state index contributed by atoms with van der Waals surface area (Å²) in [5.74, 6) is -0.588. The lowest BCUT2D eigenvalue weighted by Gasteiger charge is -2.14. The van der Waals surface area contributed by atoms with E-state index in [0.29, 0.717) is 11.4 Å². The summed E-state index contributed by atoms with van der Waals surface area (Å²) in [6, 6.07) is 12.6. The lowest BCUT2D eigenvalue weighted by atomic mass is 10.1. The minimum atomic E-state index is -1.05. The van der Waals surface area contributed by atoms with E-state index in [4.69, 9.17) is 9.47 Å². The van der Waals surface area contributed by atoms with Crippen molar-refractivity contribution in [3.8, 4) is 5.75 Å². The molecule has 0 saturated carbocycles. The highest BCUT2D eigenvalue weighted by atomic mass is 16.6. The molecule has 1 unspecified atom stereocenters. The second kappa shape index (κ2) is 8.61. The monoisotopic (exact) mass is 358 g/mol. The summed E-state index contributed by atoms with van der Waals surface area (Å²) in [4.78, 5) is 34.5. The van der Waals surface area contributed by atoms with Gasteiger partial charge in [-0.25, -0.2) is 0 Å². The molecule has 2 aromatic rings. The van der Waals surface area contributed by atoms with Crippen molar-refractivity contribution in [1.82, 2.24) is 0 Å². The van der Waals surface area contributed by atoms with Crippen molar-refractivity contribution >= 4 is 23.3 Å². The minimum absolute atomic E-state index is 0.167. The highest BCUT2D eigenvalue weighted by molar-refractivity contribution is 5.95. The smallest absolute Gasteiger partial charge is 0.311 e. The predicted molar refractivity (Wildman–Crippen MR) is 94.0 cm³/mol. The first-order valence-electron chi connectivity index (χ1n) is 7.77. The van der Waals surface area contributed by atoms with Gasteiger partial charge >= 0.3 is 5.97 Å². The van der Waals surface area contributed by atoms with E-state index in [1.807, 2.05) is 0 Å². The van der Waals surface area contributed by atoms with Gasteiger partial charge in [-0.15, -0.1) is 0 Å². The number of benzene rings is 2. The van der Waals surface area contributed by atoms with Crippen LogP contribution in [-0.2, 0) is 20.7 Å². The van der Waals surface area contributed by atoms with Gasteiger partial charge in [-0.3, -0.25) is 19.7 Å². The molecule has 0 aliphatic carbocycles. The Bertz CT molecular complexity index is 804. The summed E-state index contributed by atoms with van der Waals surface area (Å²) in [5.41, 5.74) is 0.586. The second-order valence-corrected chi connectivity index (χ2v) is 5.41. The lowest BCUT2D eigenvalue weighted by Crippen LogP contribution is -2.30. The summed E-state index contributed by atoms with van der Waals surface area (Å²) < 4.78 is 10.1. The molecule has 1 atom stereocenters. The van der Waals surface area contributed by atoms with Crippen LogP contribution in [0.2, 0.25) is 0 Å². The number of nitro benzene ring substituents is 1. The van der Waals surface area contributed by atoms with Gasteiger partial charge in [0.1, 0.15) is 5.75 Å². The number of carbonyl (C=O) groups is 2. The molecule has 136 valence electrons. The fraction of sp³-hybridized carbons (Fsp3) is 0.222. The lowest BCUT2D eigenvalue weighted by molar-refractivity contribution is -0.385. The second-order valence-electron chi connectivity index (χ2n) is 5.41. The molecule has 0 spiro atoms. The van der Waals surface area contributed by atoms with Gasteiger partial charge in [0.05, 0.1) is 18.5 Å². The van der Waals surface area contributed by atoms with Gasteiger partial charge in [0.25, 0.3) is 11.6 Å². The summed E-state index contributed by atoms with van der Waals surface area (Å²) in [6.45, 7) is 1.43. The molecule has 26 heavy (non-hydrogen) atoms. The third-order valence-corrected chi connectivity index (χ3v) is 3.56. The van der Waals surface area contributed by atoms with Crippen molar-refractivity contribution in [2.45, 2.75) is 19.4 Å². The van der Waals surface area contributed by atoms with Gasteiger partial charge in [-0.2, -0.15) is 0 Å². The number of para-hydroxylation sites is 1. The fourth-order valence-corrected chi connectivity index (χ4v) is 2.20. The molecule has 0 aliphatic rings. The van der Waals surface area contributed by atoms with Gasteiger partial charge in [-0.05, 0) is 31.2 Å². The molecule has 0 heterocycles. The molecule has 0 aromatic heterocycles. The number of rotatable bonds is 7. The molecule has 8 nitrogen and oxygen atoms in total. The molecule has 0 aliphatic heterocycles. The molecule has 1 N–H and O–H groups in total. The van der Waals surface area contributed by atoms with Crippen LogP contribution in [0.15, 0.2) is 48.5 Å². The highest BCUT2D eigenvalue weighted by Crippen LogP contribution is 2.19. The van der Waals surface area contributed by atoms with Crippen molar-refractivity contribution in [3.63, 3.8) is 0 Å². The number of ether oxygens (including phenoxy) is 2. The Morgan fingerprint density at radius 1 is 1.15 bits per heavy atom. The van der Waals surface area contributed by atoms with E-state index < -0.39 is 22.9 Å². The van der Waals surface area contributed by atoms with Crippen LogP contribution in [0.25, 0.3) is 0 Å². The Labute approximate surface area is 149 Å². The van der Waals surface area contributed by atoms with Crippen molar-refractivity contribution in [3.05, 3.63) is 64.2 Å². The van der Waals surface area contributed by atoms with Crippen LogP contribution in [0.4, 0.5) is 11.4 Å². The van der Waals surface area contributed by atoms with Gasteiger partial charge in [0.2, 0.25) is 0 Å². The normalized spacial score (nSPS) is 11.3. The largest absolute Gasteiger partial charge is 0.497 e. The fourth-order valence-electron chi connectivity index (χ4n) is 2.20. The van der Waals surface area contributed by atoms with E-state index >= 15 is 0 Å². The standard InChI is InChI=1S/C18H18N2O6/c1-12(18(22)19-14-7-9-15(25-2)10-8-14)26-17(21)11-13-5-3-4-6-16(13)20(23)24/h3-10,12H,11H2,1-2H3,(H,19,22). The maximum Gasteiger partial charge on any atom is 0.311 e. The van der Waals surface area contributed by atoms with Crippen molar-refractivity contribution in [1.29, 1.82) is 0 Å².